The van der Waals surface area contributed by atoms with Crippen LogP contribution < -0.4 is 4.90 Å². The molecule has 15 heavy (non-hydrogen) atoms. The summed E-state index contributed by atoms with van der Waals surface area (Å²) >= 11 is 0. The highest BCUT2D eigenvalue weighted by Gasteiger charge is 2.15. The summed E-state index contributed by atoms with van der Waals surface area (Å²) in [5.74, 6) is 0.924. The minimum atomic E-state index is 0.431. The Bertz CT molecular complexity index is 335. The molecule has 4 nitrogen and oxygen atoms in total. The topological polar surface area (TPSA) is 42.4 Å². The van der Waals surface area contributed by atoms with Crippen LogP contribution in [0.1, 0.15) is 5.56 Å². The Hall–Kier alpha value is -1.42. The second-order valence-corrected chi connectivity index (χ2v) is 3.46. The van der Waals surface area contributed by atoms with Crippen LogP contribution in [0.5, 0.6) is 0 Å². The van der Waals surface area contributed by atoms with Crippen molar-refractivity contribution in [3.05, 3.63) is 23.9 Å². The van der Waals surface area contributed by atoms with Crippen molar-refractivity contribution in [2.24, 2.45) is 0 Å². The van der Waals surface area contributed by atoms with E-state index in [9.17, 15) is 4.79 Å². The van der Waals surface area contributed by atoms with Crippen molar-refractivity contribution in [2.75, 3.05) is 31.2 Å². The maximum absolute atomic E-state index is 10.5. The van der Waals surface area contributed by atoms with Gasteiger partial charge in [-0.1, -0.05) is 6.07 Å². The van der Waals surface area contributed by atoms with Crippen LogP contribution in [0.15, 0.2) is 18.3 Å². The van der Waals surface area contributed by atoms with Gasteiger partial charge in [-0.15, -0.1) is 0 Å². The van der Waals surface area contributed by atoms with Crippen LogP contribution in [0.25, 0.3) is 0 Å². The summed E-state index contributed by atoms with van der Waals surface area (Å²) in [7, 11) is 0. The number of aldehydes is 1. The molecule has 1 aromatic heterocycles. The fraction of sp³-hybridized carbons (Fsp3) is 0.455. The van der Waals surface area contributed by atoms with E-state index in [0.717, 1.165) is 44.0 Å². The van der Waals surface area contributed by atoms with Crippen LogP contribution in [0.3, 0.4) is 0 Å². The van der Waals surface area contributed by atoms with Gasteiger partial charge < -0.3 is 14.4 Å². The average molecular weight is 206 g/mol. The predicted molar refractivity (Wildman–Crippen MR) is 57.0 cm³/mol. The molecule has 1 aliphatic rings. The molecule has 0 amide bonds. The first-order chi connectivity index (χ1) is 7.42. The lowest BCUT2D eigenvalue weighted by atomic mass is 10.2. The molecule has 1 saturated heterocycles. The molecule has 2 rings (SSSR count). The van der Waals surface area contributed by atoms with E-state index in [2.05, 4.69) is 9.88 Å². The van der Waals surface area contributed by atoms with Gasteiger partial charge in [-0.2, -0.15) is 0 Å². The summed E-state index contributed by atoms with van der Waals surface area (Å²) in [6, 6.07) is 3.81. The van der Waals surface area contributed by atoms with E-state index in [0.29, 0.717) is 6.42 Å². The van der Waals surface area contributed by atoms with Crippen LogP contribution in [-0.4, -0.2) is 37.6 Å². The molecule has 1 aromatic rings. The standard InChI is InChI=1S/C11H14N2O2/c14-7-3-10-2-1-4-12-11(10)13-5-8-15-9-6-13/h1-2,4,7H,3,5-6,8-9H2. The van der Waals surface area contributed by atoms with E-state index in [1.54, 1.807) is 6.20 Å². The van der Waals surface area contributed by atoms with E-state index in [-0.39, 0.29) is 0 Å². The van der Waals surface area contributed by atoms with Crippen molar-refractivity contribution < 1.29 is 9.53 Å². The van der Waals surface area contributed by atoms with Crippen LogP contribution in [-0.2, 0) is 16.0 Å². The number of carbonyl (C=O) groups excluding carboxylic acids is 1. The number of morpholine rings is 1. The minimum Gasteiger partial charge on any atom is -0.378 e. The fourth-order valence-electron chi connectivity index (χ4n) is 1.74. The van der Waals surface area contributed by atoms with Crippen molar-refractivity contribution in [1.29, 1.82) is 0 Å². The third-order valence-electron chi connectivity index (χ3n) is 2.48. The predicted octanol–water partition coefficient (Wildman–Crippen LogP) is 0.660. The van der Waals surface area contributed by atoms with E-state index in [1.165, 1.54) is 0 Å². The highest BCUT2D eigenvalue weighted by atomic mass is 16.5. The Morgan fingerprint density at radius 2 is 2.27 bits per heavy atom. The number of nitrogens with zero attached hydrogens (tertiary/aromatic N) is 2. The van der Waals surface area contributed by atoms with Gasteiger partial charge in [-0.25, -0.2) is 4.98 Å². The molecule has 0 spiro atoms. The highest BCUT2D eigenvalue weighted by molar-refractivity contribution is 5.61. The summed E-state index contributed by atoms with van der Waals surface area (Å²) < 4.78 is 5.28. The molecule has 2 heterocycles. The lowest BCUT2D eigenvalue weighted by Gasteiger charge is -2.29. The van der Waals surface area contributed by atoms with Crippen LogP contribution >= 0.6 is 0 Å². The molecule has 0 saturated carbocycles. The average Bonchev–Trinajstić information content (AvgIpc) is 2.31. The zero-order valence-corrected chi connectivity index (χ0v) is 8.56. The first kappa shape index (κ1) is 10.1. The minimum absolute atomic E-state index is 0.431. The summed E-state index contributed by atoms with van der Waals surface area (Å²) in [6.07, 6.45) is 3.11. The number of anilines is 1. The molecule has 0 aromatic carbocycles. The number of hydrogen-bond donors (Lipinski definition) is 0. The Morgan fingerprint density at radius 3 is 3.00 bits per heavy atom. The van der Waals surface area contributed by atoms with Gasteiger partial charge in [0.2, 0.25) is 0 Å². The zero-order chi connectivity index (χ0) is 10.5. The van der Waals surface area contributed by atoms with Crippen LogP contribution in [0, 0.1) is 0 Å². The van der Waals surface area contributed by atoms with E-state index >= 15 is 0 Å². The van der Waals surface area contributed by atoms with Crippen molar-refractivity contribution in [3.8, 4) is 0 Å². The molecule has 0 aliphatic carbocycles. The number of aromatic nitrogens is 1. The first-order valence-electron chi connectivity index (χ1n) is 5.12. The molecular weight excluding hydrogens is 192 g/mol. The molecule has 0 radical (unpaired) electrons. The lowest BCUT2D eigenvalue weighted by molar-refractivity contribution is -0.107. The van der Waals surface area contributed by atoms with Gasteiger partial charge in [0.1, 0.15) is 12.1 Å². The van der Waals surface area contributed by atoms with Gasteiger partial charge in [-0.05, 0) is 6.07 Å². The zero-order valence-electron chi connectivity index (χ0n) is 8.56. The fourth-order valence-corrected chi connectivity index (χ4v) is 1.74. The maximum atomic E-state index is 10.5. The van der Waals surface area contributed by atoms with E-state index in [4.69, 9.17) is 4.74 Å². The van der Waals surface area contributed by atoms with E-state index < -0.39 is 0 Å². The second kappa shape index (κ2) is 4.89. The molecule has 80 valence electrons. The van der Waals surface area contributed by atoms with Gasteiger partial charge in [-0.3, -0.25) is 0 Å². The van der Waals surface area contributed by atoms with Crippen molar-refractivity contribution in [2.45, 2.75) is 6.42 Å². The van der Waals surface area contributed by atoms with Crippen LogP contribution in [0.4, 0.5) is 5.82 Å². The largest absolute Gasteiger partial charge is 0.378 e. The first-order valence-corrected chi connectivity index (χ1v) is 5.12. The molecule has 0 N–H and O–H groups in total. The third kappa shape index (κ3) is 2.33. The number of ether oxygens (including phenoxy) is 1. The summed E-state index contributed by atoms with van der Waals surface area (Å²) in [4.78, 5) is 17.0. The Kier molecular flexibility index (Phi) is 3.29. The second-order valence-electron chi connectivity index (χ2n) is 3.46. The van der Waals surface area contributed by atoms with Crippen molar-refractivity contribution in [3.63, 3.8) is 0 Å². The molecule has 4 heteroatoms. The number of carbonyl (C=O) groups is 1. The van der Waals surface area contributed by atoms with Gasteiger partial charge in [0.05, 0.1) is 13.2 Å². The molecule has 0 atom stereocenters. The molecule has 1 fully saturated rings. The van der Waals surface area contributed by atoms with Gasteiger partial charge in [0.15, 0.2) is 0 Å². The molecule has 0 unspecified atom stereocenters. The number of hydrogen-bond acceptors (Lipinski definition) is 4. The number of pyridine rings is 1. The maximum Gasteiger partial charge on any atom is 0.132 e. The quantitative estimate of drug-likeness (QED) is 0.681. The third-order valence-corrected chi connectivity index (χ3v) is 2.48. The molecule has 1 aliphatic heterocycles. The molecular formula is C11H14N2O2. The SMILES string of the molecule is O=CCc1cccnc1N1CCOCC1. The lowest BCUT2D eigenvalue weighted by Crippen LogP contribution is -2.37. The molecule has 0 bridgehead atoms. The Labute approximate surface area is 88.9 Å². The van der Waals surface area contributed by atoms with Gasteiger partial charge in [0, 0.05) is 31.3 Å². The number of rotatable bonds is 3. The van der Waals surface area contributed by atoms with E-state index in [1.807, 2.05) is 12.1 Å². The summed E-state index contributed by atoms with van der Waals surface area (Å²) in [5.41, 5.74) is 0.995. The van der Waals surface area contributed by atoms with Gasteiger partial charge >= 0.3 is 0 Å². The van der Waals surface area contributed by atoms with Gasteiger partial charge in [0.25, 0.3) is 0 Å². The Balaban J connectivity index is 2.20. The highest BCUT2D eigenvalue weighted by Crippen LogP contribution is 2.18. The smallest absolute Gasteiger partial charge is 0.132 e. The van der Waals surface area contributed by atoms with Crippen LogP contribution in [0.2, 0.25) is 0 Å². The van der Waals surface area contributed by atoms with Crippen molar-refractivity contribution >= 4 is 12.1 Å². The Morgan fingerprint density at radius 1 is 1.47 bits per heavy atom. The normalized spacial score (nSPS) is 16.4. The summed E-state index contributed by atoms with van der Waals surface area (Å²) in [6.45, 7) is 3.17. The monoisotopic (exact) mass is 206 g/mol. The van der Waals surface area contributed by atoms with Crippen molar-refractivity contribution in [1.82, 2.24) is 4.98 Å². The summed E-state index contributed by atoms with van der Waals surface area (Å²) in [5, 5.41) is 0.